The van der Waals surface area contributed by atoms with Gasteiger partial charge >= 0.3 is 6.01 Å². The minimum Gasteiger partial charge on any atom is -0.495 e. The summed E-state index contributed by atoms with van der Waals surface area (Å²) in [5.74, 6) is 1.40. The van der Waals surface area contributed by atoms with Crippen molar-refractivity contribution < 1.29 is 9.47 Å². The van der Waals surface area contributed by atoms with E-state index in [9.17, 15) is 0 Å². The van der Waals surface area contributed by atoms with Gasteiger partial charge in [-0.2, -0.15) is 15.0 Å². The highest BCUT2D eigenvalue weighted by Gasteiger charge is 2.08. The smallest absolute Gasteiger partial charge is 0.322 e. The van der Waals surface area contributed by atoms with Crippen LogP contribution < -0.4 is 20.1 Å². The van der Waals surface area contributed by atoms with Crippen LogP contribution in [0.25, 0.3) is 0 Å². The third-order valence-corrected chi connectivity index (χ3v) is 2.84. The second-order valence-electron chi connectivity index (χ2n) is 3.97. The summed E-state index contributed by atoms with van der Waals surface area (Å²) in [6.45, 7) is 2.65. The molecule has 0 unspecified atom stereocenters. The van der Waals surface area contributed by atoms with Crippen LogP contribution in [0.1, 0.15) is 6.92 Å². The molecule has 1 aromatic heterocycles. The van der Waals surface area contributed by atoms with E-state index < -0.39 is 0 Å². The first-order chi connectivity index (χ1) is 10.2. The molecule has 2 aromatic rings. The molecule has 1 aromatic carbocycles. The summed E-state index contributed by atoms with van der Waals surface area (Å²) in [7, 11) is 3.06. The van der Waals surface area contributed by atoms with Gasteiger partial charge in [0.25, 0.3) is 0 Å². The highest BCUT2D eigenvalue weighted by molar-refractivity contribution is 6.32. The van der Waals surface area contributed by atoms with Crippen LogP contribution in [0.4, 0.5) is 17.6 Å². The Bertz CT molecular complexity index is 624. The summed E-state index contributed by atoms with van der Waals surface area (Å²) in [5.41, 5.74) is 0.733. The van der Waals surface area contributed by atoms with Gasteiger partial charge in [-0.25, -0.2) is 0 Å². The number of hydrogen-bond donors (Lipinski definition) is 2. The van der Waals surface area contributed by atoms with E-state index in [0.29, 0.717) is 29.2 Å². The molecule has 8 heteroatoms. The SMILES string of the molecule is CCNc1nc(Nc2ccc(OC)c(Cl)c2)nc(OC)n1. The maximum atomic E-state index is 6.08. The first kappa shape index (κ1) is 15.1. The van der Waals surface area contributed by atoms with Gasteiger partial charge in [0, 0.05) is 12.2 Å². The number of anilines is 3. The number of hydrogen-bond acceptors (Lipinski definition) is 7. The molecule has 0 aliphatic carbocycles. The largest absolute Gasteiger partial charge is 0.495 e. The maximum Gasteiger partial charge on any atom is 0.322 e. The lowest BCUT2D eigenvalue weighted by Gasteiger charge is -2.10. The maximum absolute atomic E-state index is 6.08. The second-order valence-corrected chi connectivity index (χ2v) is 4.38. The van der Waals surface area contributed by atoms with Crippen LogP contribution in [-0.2, 0) is 0 Å². The lowest BCUT2D eigenvalue weighted by atomic mass is 10.3. The summed E-state index contributed by atoms with van der Waals surface area (Å²) in [6.07, 6.45) is 0. The van der Waals surface area contributed by atoms with E-state index in [4.69, 9.17) is 21.1 Å². The van der Waals surface area contributed by atoms with E-state index >= 15 is 0 Å². The number of methoxy groups -OCH3 is 2. The lowest BCUT2D eigenvalue weighted by molar-refractivity contribution is 0.379. The van der Waals surface area contributed by atoms with Gasteiger partial charge in [0.2, 0.25) is 11.9 Å². The van der Waals surface area contributed by atoms with E-state index in [1.54, 1.807) is 19.2 Å². The molecule has 0 saturated carbocycles. The van der Waals surface area contributed by atoms with Crippen molar-refractivity contribution in [2.45, 2.75) is 6.92 Å². The Morgan fingerprint density at radius 3 is 2.48 bits per heavy atom. The first-order valence-corrected chi connectivity index (χ1v) is 6.68. The Morgan fingerprint density at radius 1 is 1.10 bits per heavy atom. The van der Waals surface area contributed by atoms with Crippen molar-refractivity contribution in [1.29, 1.82) is 0 Å². The molecule has 2 N–H and O–H groups in total. The molecule has 21 heavy (non-hydrogen) atoms. The fraction of sp³-hybridized carbons (Fsp3) is 0.308. The van der Waals surface area contributed by atoms with Crippen molar-refractivity contribution in [3.05, 3.63) is 23.2 Å². The number of ether oxygens (including phenoxy) is 2. The van der Waals surface area contributed by atoms with E-state index in [1.807, 2.05) is 13.0 Å². The Labute approximate surface area is 127 Å². The highest BCUT2D eigenvalue weighted by atomic mass is 35.5. The normalized spacial score (nSPS) is 10.1. The van der Waals surface area contributed by atoms with Crippen molar-refractivity contribution in [2.75, 3.05) is 31.4 Å². The van der Waals surface area contributed by atoms with E-state index in [1.165, 1.54) is 7.11 Å². The van der Waals surface area contributed by atoms with Gasteiger partial charge in [-0.3, -0.25) is 0 Å². The van der Waals surface area contributed by atoms with Crippen LogP contribution in [-0.4, -0.2) is 35.7 Å². The van der Waals surface area contributed by atoms with Crippen LogP contribution in [0, 0.1) is 0 Å². The average molecular weight is 310 g/mol. The summed E-state index contributed by atoms with van der Waals surface area (Å²) in [4.78, 5) is 12.5. The molecule has 0 spiro atoms. The third-order valence-electron chi connectivity index (χ3n) is 2.54. The van der Waals surface area contributed by atoms with Gasteiger partial charge < -0.3 is 20.1 Å². The zero-order chi connectivity index (χ0) is 15.2. The molecule has 1 heterocycles. The molecule has 0 aliphatic rings. The number of halogens is 1. The molecule has 0 amide bonds. The molecule has 0 bridgehead atoms. The Morgan fingerprint density at radius 2 is 1.86 bits per heavy atom. The molecular formula is C13H16ClN5O2. The van der Waals surface area contributed by atoms with Crippen molar-refractivity contribution in [3.8, 4) is 11.8 Å². The predicted molar refractivity (Wildman–Crippen MR) is 81.8 cm³/mol. The second kappa shape index (κ2) is 6.94. The van der Waals surface area contributed by atoms with Gasteiger partial charge in [-0.15, -0.1) is 0 Å². The fourth-order valence-corrected chi connectivity index (χ4v) is 1.87. The van der Waals surface area contributed by atoms with E-state index in [0.717, 1.165) is 5.69 Å². The van der Waals surface area contributed by atoms with Crippen molar-refractivity contribution in [2.24, 2.45) is 0 Å². The quantitative estimate of drug-likeness (QED) is 0.849. The Hall–Kier alpha value is -2.28. The van der Waals surface area contributed by atoms with Crippen LogP contribution in [0.3, 0.4) is 0 Å². The summed E-state index contributed by atoms with van der Waals surface area (Å²) < 4.78 is 10.2. The van der Waals surface area contributed by atoms with Crippen LogP contribution in [0.15, 0.2) is 18.2 Å². The average Bonchev–Trinajstić information content (AvgIpc) is 2.47. The number of benzene rings is 1. The molecular weight excluding hydrogens is 294 g/mol. The number of rotatable bonds is 6. The van der Waals surface area contributed by atoms with Crippen molar-refractivity contribution in [1.82, 2.24) is 15.0 Å². The number of nitrogens with zero attached hydrogens (tertiary/aromatic N) is 3. The van der Waals surface area contributed by atoms with E-state index in [-0.39, 0.29) is 6.01 Å². The Kier molecular flexibility index (Phi) is 4.99. The van der Waals surface area contributed by atoms with Gasteiger partial charge in [0.1, 0.15) is 5.75 Å². The van der Waals surface area contributed by atoms with Gasteiger partial charge in [0.05, 0.1) is 19.2 Å². The summed E-state index contributed by atoms with van der Waals surface area (Å²) in [6, 6.07) is 5.52. The summed E-state index contributed by atoms with van der Waals surface area (Å²) in [5, 5.41) is 6.55. The molecule has 0 saturated heterocycles. The molecule has 0 fully saturated rings. The first-order valence-electron chi connectivity index (χ1n) is 6.30. The number of aromatic nitrogens is 3. The number of nitrogens with one attached hydrogen (secondary N) is 2. The van der Waals surface area contributed by atoms with Crippen molar-refractivity contribution >= 4 is 29.2 Å². The molecule has 7 nitrogen and oxygen atoms in total. The lowest BCUT2D eigenvalue weighted by Crippen LogP contribution is -2.07. The Balaban J connectivity index is 2.25. The fourth-order valence-electron chi connectivity index (χ4n) is 1.61. The molecule has 0 radical (unpaired) electrons. The zero-order valence-corrected chi connectivity index (χ0v) is 12.7. The molecule has 0 atom stereocenters. The van der Waals surface area contributed by atoms with Crippen LogP contribution in [0.5, 0.6) is 11.8 Å². The van der Waals surface area contributed by atoms with Crippen molar-refractivity contribution in [3.63, 3.8) is 0 Å². The predicted octanol–water partition coefficient (Wildman–Crippen LogP) is 2.72. The third kappa shape index (κ3) is 3.85. The van der Waals surface area contributed by atoms with Gasteiger partial charge in [-0.1, -0.05) is 11.6 Å². The molecule has 0 aliphatic heterocycles. The zero-order valence-electron chi connectivity index (χ0n) is 12.0. The van der Waals surface area contributed by atoms with Crippen LogP contribution >= 0.6 is 11.6 Å². The molecule has 2 rings (SSSR count). The van der Waals surface area contributed by atoms with E-state index in [2.05, 4.69) is 25.6 Å². The summed E-state index contributed by atoms with van der Waals surface area (Å²) >= 11 is 6.08. The van der Waals surface area contributed by atoms with Gasteiger partial charge in [0.15, 0.2) is 0 Å². The standard InChI is InChI=1S/C13H16ClN5O2/c1-4-15-11-17-12(19-13(18-11)21-3)16-8-5-6-10(20-2)9(14)7-8/h5-7H,4H2,1-3H3,(H2,15,16,17,18,19). The van der Waals surface area contributed by atoms with Gasteiger partial charge in [-0.05, 0) is 25.1 Å². The topological polar surface area (TPSA) is 81.2 Å². The molecule has 112 valence electrons. The minimum atomic E-state index is 0.225. The monoisotopic (exact) mass is 309 g/mol. The minimum absolute atomic E-state index is 0.225. The highest BCUT2D eigenvalue weighted by Crippen LogP contribution is 2.28. The van der Waals surface area contributed by atoms with Crippen LogP contribution in [0.2, 0.25) is 5.02 Å².